The first-order valence-corrected chi connectivity index (χ1v) is 12.1. The molecular weight excluding hydrogens is 434 g/mol. The maximum Gasteiger partial charge on any atom is 0.255 e. The molecular formula is C24H33N7OS. The van der Waals surface area contributed by atoms with Crippen molar-refractivity contribution in [2.24, 2.45) is 0 Å². The van der Waals surface area contributed by atoms with Crippen LogP contribution in [0.2, 0.25) is 0 Å². The molecule has 0 aromatic carbocycles. The molecule has 0 unspecified atom stereocenters. The van der Waals surface area contributed by atoms with Crippen LogP contribution < -0.4 is 10.9 Å². The highest BCUT2D eigenvalue weighted by molar-refractivity contribution is 7.98. The molecule has 0 fully saturated rings. The minimum absolute atomic E-state index is 0.126. The number of hydrogen-bond donors (Lipinski definition) is 2. The number of hydrogen-bond acceptors (Lipinski definition) is 8. The number of nitrogens with one attached hydrogen (secondary N) is 2. The third kappa shape index (κ3) is 8.60. The van der Waals surface area contributed by atoms with Crippen LogP contribution in [-0.2, 0) is 25.3 Å². The smallest absolute Gasteiger partial charge is 0.255 e. The van der Waals surface area contributed by atoms with Crippen molar-refractivity contribution in [3.63, 3.8) is 0 Å². The molecule has 3 rings (SSSR count). The summed E-state index contributed by atoms with van der Waals surface area (Å²) in [6, 6.07) is 8.22. The lowest BCUT2D eigenvalue weighted by Gasteiger charge is -2.10. The third-order valence-corrected chi connectivity index (χ3v) is 5.79. The van der Waals surface area contributed by atoms with E-state index >= 15 is 0 Å². The molecule has 33 heavy (non-hydrogen) atoms. The predicted octanol–water partition coefficient (Wildman–Crippen LogP) is 2.62. The SMILES string of the molecule is CN(C)Cc1ccnc(CSCCNc2ncc(Cc3ccc(CN(C)C)nc3)c(=O)[nH]2)c1. The Morgan fingerprint density at radius 3 is 2.45 bits per heavy atom. The van der Waals surface area contributed by atoms with E-state index in [1.54, 1.807) is 18.0 Å². The van der Waals surface area contributed by atoms with Crippen molar-refractivity contribution in [2.75, 3.05) is 45.8 Å². The zero-order valence-corrected chi connectivity index (χ0v) is 20.7. The minimum Gasteiger partial charge on any atom is -0.355 e. The Hall–Kier alpha value is -2.75. The van der Waals surface area contributed by atoms with E-state index in [-0.39, 0.29) is 5.56 Å². The standard InChI is InChI=1S/C24H33N7OS/c1-30(2)15-19-7-8-25-22(12-19)17-33-10-9-26-24-28-14-20(23(32)29-24)11-18-5-6-21(27-13-18)16-31(3)4/h5-8,12-14H,9-11,15-17H2,1-4H3,(H2,26,28,29,32). The molecule has 0 aliphatic rings. The van der Waals surface area contributed by atoms with Gasteiger partial charge in [-0.15, -0.1) is 0 Å². The second-order valence-corrected chi connectivity index (χ2v) is 9.64. The summed E-state index contributed by atoms with van der Waals surface area (Å²) < 4.78 is 0. The summed E-state index contributed by atoms with van der Waals surface area (Å²) >= 11 is 1.80. The maximum atomic E-state index is 12.5. The fourth-order valence-corrected chi connectivity index (χ4v) is 4.08. The number of aromatic amines is 1. The van der Waals surface area contributed by atoms with Crippen molar-refractivity contribution in [1.82, 2.24) is 29.7 Å². The molecule has 3 aromatic heterocycles. The zero-order chi connectivity index (χ0) is 23.6. The molecule has 0 saturated heterocycles. The van der Waals surface area contributed by atoms with Crippen molar-refractivity contribution in [3.05, 3.63) is 81.3 Å². The molecule has 0 aliphatic carbocycles. The second kappa shape index (κ2) is 12.5. The molecule has 3 heterocycles. The Kier molecular flexibility index (Phi) is 9.41. The molecule has 2 N–H and O–H groups in total. The number of H-pyrrole nitrogens is 1. The lowest BCUT2D eigenvalue weighted by Crippen LogP contribution is -2.18. The van der Waals surface area contributed by atoms with Gasteiger partial charge in [-0.3, -0.25) is 19.7 Å². The largest absolute Gasteiger partial charge is 0.355 e. The van der Waals surface area contributed by atoms with Gasteiger partial charge in [-0.2, -0.15) is 11.8 Å². The Morgan fingerprint density at radius 1 is 0.939 bits per heavy atom. The summed E-state index contributed by atoms with van der Waals surface area (Å²) in [5.74, 6) is 2.23. The predicted molar refractivity (Wildman–Crippen MR) is 136 cm³/mol. The number of thioether (sulfide) groups is 1. The number of pyridine rings is 2. The number of nitrogens with zero attached hydrogens (tertiary/aromatic N) is 5. The molecule has 8 nitrogen and oxygen atoms in total. The summed E-state index contributed by atoms with van der Waals surface area (Å²) in [6.07, 6.45) is 5.85. The molecule has 0 saturated carbocycles. The maximum absolute atomic E-state index is 12.5. The van der Waals surface area contributed by atoms with Gasteiger partial charge in [0, 0.05) is 61.7 Å². The van der Waals surface area contributed by atoms with E-state index in [4.69, 9.17) is 0 Å². The quantitative estimate of drug-likeness (QED) is 0.393. The normalized spacial score (nSPS) is 11.3. The van der Waals surface area contributed by atoms with Crippen LogP contribution in [0.15, 0.2) is 47.7 Å². The summed E-state index contributed by atoms with van der Waals surface area (Å²) in [7, 11) is 8.15. The first kappa shape index (κ1) is 24.9. The van der Waals surface area contributed by atoms with Gasteiger partial charge in [-0.05, 0) is 57.5 Å². The third-order valence-electron chi connectivity index (χ3n) is 4.80. The first-order chi connectivity index (χ1) is 15.9. The Bertz CT molecular complexity index is 1070. The van der Waals surface area contributed by atoms with Crippen LogP contribution in [0.4, 0.5) is 5.95 Å². The van der Waals surface area contributed by atoms with Gasteiger partial charge in [0.2, 0.25) is 5.95 Å². The van der Waals surface area contributed by atoms with Crippen LogP contribution in [0.25, 0.3) is 0 Å². The van der Waals surface area contributed by atoms with Crippen LogP contribution in [0.5, 0.6) is 0 Å². The molecule has 3 aromatic rings. The highest BCUT2D eigenvalue weighted by Crippen LogP contribution is 2.12. The van der Waals surface area contributed by atoms with Gasteiger partial charge < -0.3 is 15.1 Å². The molecule has 0 aliphatic heterocycles. The van der Waals surface area contributed by atoms with E-state index in [0.29, 0.717) is 24.5 Å². The topological polar surface area (TPSA) is 90.0 Å². The van der Waals surface area contributed by atoms with Crippen molar-refractivity contribution in [2.45, 2.75) is 25.3 Å². The van der Waals surface area contributed by atoms with Crippen molar-refractivity contribution < 1.29 is 0 Å². The van der Waals surface area contributed by atoms with E-state index in [2.05, 4.69) is 61.3 Å². The lowest BCUT2D eigenvalue weighted by atomic mass is 10.1. The van der Waals surface area contributed by atoms with Crippen LogP contribution in [0.3, 0.4) is 0 Å². The zero-order valence-electron chi connectivity index (χ0n) is 19.8. The monoisotopic (exact) mass is 467 g/mol. The summed E-state index contributed by atoms with van der Waals surface area (Å²) in [4.78, 5) is 32.8. The van der Waals surface area contributed by atoms with E-state index in [9.17, 15) is 4.79 Å². The van der Waals surface area contributed by atoms with Crippen LogP contribution in [0, 0.1) is 0 Å². The van der Waals surface area contributed by atoms with Gasteiger partial charge >= 0.3 is 0 Å². The number of anilines is 1. The highest BCUT2D eigenvalue weighted by atomic mass is 32.2. The molecule has 0 bridgehead atoms. The van der Waals surface area contributed by atoms with Crippen LogP contribution in [0.1, 0.15) is 28.1 Å². The van der Waals surface area contributed by atoms with Gasteiger partial charge in [-0.25, -0.2) is 4.98 Å². The van der Waals surface area contributed by atoms with Crippen molar-refractivity contribution >= 4 is 17.7 Å². The average Bonchev–Trinajstić information content (AvgIpc) is 2.76. The Morgan fingerprint density at radius 2 is 1.76 bits per heavy atom. The summed E-state index contributed by atoms with van der Waals surface area (Å²) in [6.45, 7) is 2.41. The molecule has 176 valence electrons. The van der Waals surface area contributed by atoms with E-state index in [0.717, 1.165) is 41.5 Å². The fraction of sp³-hybridized carbons (Fsp3) is 0.417. The number of rotatable bonds is 12. The number of aromatic nitrogens is 4. The van der Waals surface area contributed by atoms with Gasteiger partial charge in [0.15, 0.2) is 0 Å². The van der Waals surface area contributed by atoms with Gasteiger partial charge in [0.25, 0.3) is 5.56 Å². The summed E-state index contributed by atoms with van der Waals surface area (Å²) in [5.41, 5.74) is 4.85. The molecule has 0 amide bonds. The van der Waals surface area contributed by atoms with E-state index < -0.39 is 0 Å². The van der Waals surface area contributed by atoms with Crippen LogP contribution >= 0.6 is 11.8 Å². The molecule has 0 radical (unpaired) electrons. The lowest BCUT2D eigenvalue weighted by molar-refractivity contribution is 0.397. The first-order valence-electron chi connectivity index (χ1n) is 11.0. The van der Waals surface area contributed by atoms with Gasteiger partial charge in [0.1, 0.15) is 0 Å². The van der Waals surface area contributed by atoms with Crippen molar-refractivity contribution in [3.8, 4) is 0 Å². The van der Waals surface area contributed by atoms with Crippen LogP contribution in [-0.4, -0.2) is 70.2 Å². The van der Waals surface area contributed by atoms with E-state index in [1.807, 2.05) is 38.6 Å². The van der Waals surface area contributed by atoms with Crippen molar-refractivity contribution in [1.29, 1.82) is 0 Å². The van der Waals surface area contributed by atoms with Gasteiger partial charge in [-0.1, -0.05) is 6.07 Å². The highest BCUT2D eigenvalue weighted by Gasteiger charge is 2.06. The second-order valence-electron chi connectivity index (χ2n) is 8.53. The minimum atomic E-state index is -0.126. The molecule has 9 heteroatoms. The molecule has 0 atom stereocenters. The summed E-state index contributed by atoms with van der Waals surface area (Å²) in [5, 5.41) is 3.19. The molecule has 0 spiro atoms. The average molecular weight is 468 g/mol. The van der Waals surface area contributed by atoms with E-state index in [1.165, 1.54) is 5.56 Å². The fourth-order valence-electron chi connectivity index (χ4n) is 3.32. The Balaban J connectivity index is 1.43. The van der Waals surface area contributed by atoms with Gasteiger partial charge in [0.05, 0.1) is 11.4 Å². The Labute approximate surface area is 199 Å².